The molecule has 0 aliphatic rings. The van der Waals surface area contributed by atoms with Crippen molar-refractivity contribution in [2.75, 3.05) is 5.75 Å². The van der Waals surface area contributed by atoms with E-state index in [0.29, 0.717) is 5.54 Å². The minimum atomic E-state index is -1.85. The molecule has 0 aromatic heterocycles. The number of hydrogen-bond donors (Lipinski definition) is 2. The average molecular weight is 178 g/mol. The molecule has 0 saturated carbocycles. The van der Waals surface area contributed by atoms with Crippen molar-refractivity contribution in [1.29, 1.82) is 0 Å². The third-order valence-electron chi connectivity index (χ3n) is 2.08. The fourth-order valence-corrected chi connectivity index (χ4v) is 2.65. The SMILES string of the molecule is CC(C)[Si](C)(O)CCCS. The molecular weight excluding hydrogens is 160 g/mol. The van der Waals surface area contributed by atoms with Crippen molar-refractivity contribution in [2.24, 2.45) is 0 Å². The first-order valence-corrected chi connectivity index (χ1v) is 7.20. The van der Waals surface area contributed by atoms with E-state index >= 15 is 0 Å². The zero-order valence-corrected chi connectivity index (χ0v) is 8.99. The largest absolute Gasteiger partial charge is 0.432 e. The second-order valence-corrected chi connectivity index (χ2v) is 8.16. The third-order valence-corrected chi connectivity index (χ3v) is 6.25. The van der Waals surface area contributed by atoms with Crippen LogP contribution < -0.4 is 0 Å². The Hall–Kier alpha value is 0.527. The quantitative estimate of drug-likeness (QED) is 0.500. The summed E-state index contributed by atoms with van der Waals surface area (Å²) in [6.45, 7) is 6.23. The van der Waals surface area contributed by atoms with Crippen LogP contribution in [0, 0.1) is 0 Å². The third kappa shape index (κ3) is 3.64. The summed E-state index contributed by atoms with van der Waals surface area (Å²) in [5.41, 5.74) is 0.479. The van der Waals surface area contributed by atoms with Gasteiger partial charge in [0.2, 0.25) is 0 Å². The van der Waals surface area contributed by atoms with Crippen LogP contribution in [0.25, 0.3) is 0 Å². The van der Waals surface area contributed by atoms with Crippen LogP contribution in [0.5, 0.6) is 0 Å². The summed E-state index contributed by atoms with van der Waals surface area (Å²) in [4.78, 5) is 9.83. The molecule has 0 heterocycles. The molecule has 0 rings (SSSR count). The fraction of sp³-hybridized carbons (Fsp3) is 1.00. The molecule has 1 N–H and O–H groups in total. The fourth-order valence-electron chi connectivity index (χ4n) is 0.726. The Morgan fingerprint density at radius 1 is 1.50 bits per heavy atom. The minimum absolute atomic E-state index is 0.479. The Morgan fingerprint density at radius 2 is 2.00 bits per heavy atom. The lowest BCUT2D eigenvalue weighted by atomic mass is 10.5. The number of rotatable bonds is 4. The van der Waals surface area contributed by atoms with Crippen LogP contribution in [0.2, 0.25) is 18.1 Å². The molecule has 62 valence electrons. The van der Waals surface area contributed by atoms with Crippen LogP contribution in [0.15, 0.2) is 0 Å². The van der Waals surface area contributed by atoms with Crippen LogP contribution in [-0.4, -0.2) is 18.9 Å². The van der Waals surface area contributed by atoms with Crippen LogP contribution in [0.3, 0.4) is 0 Å². The first-order valence-electron chi connectivity index (χ1n) is 3.84. The Kier molecular flexibility index (Phi) is 4.65. The molecule has 0 aromatic carbocycles. The second-order valence-electron chi connectivity index (χ2n) is 3.34. The minimum Gasteiger partial charge on any atom is -0.432 e. The van der Waals surface area contributed by atoms with E-state index < -0.39 is 8.32 Å². The lowest BCUT2D eigenvalue weighted by molar-refractivity contribution is 0.518. The van der Waals surface area contributed by atoms with E-state index in [4.69, 9.17) is 0 Å². The van der Waals surface area contributed by atoms with Crippen molar-refractivity contribution in [1.82, 2.24) is 0 Å². The van der Waals surface area contributed by atoms with Gasteiger partial charge in [0.15, 0.2) is 8.32 Å². The molecule has 0 saturated heterocycles. The zero-order chi connectivity index (χ0) is 8.20. The molecule has 3 heteroatoms. The summed E-state index contributed by atoms with van der Waals surface area (Å²) in [5, 5.41) is 0. The Morgan fingerprint density at radius 3 is 2.30 bits per heavy atom. The van der Waals surface area contributed by atoms with Gasteiger partial charge < -0.3 is 4.80 Å². The monoisotopic (exact) mass is 178 g/mol. The topological polar surface area (TPSA) is 20.2 Å². The molecule has 1 nitrogen and oxygen atoms in total. The molecule has 10 heavy (non-hydrogen) atoms. The standard InChI is InChI=1S/C7H18OSSi/c1-7(2)10(3,8)6-4-5-9/h7-9H,4-6H2,1-3H3. The van der Waals surface area contributed by atoms with E-state index in [-0.39, 0.29) is 0 Å². The van der Waals surface area contributed by atoms with Crippen molar-refractivity contribution >= 4 is 20.9 Å². The predicted octanol–water partition coefficient (Wildman–Crippen LogP) is 2.28. The van der Waals surface area contributed by atoms with E-state index in [9.17, 15) is 4.80 Å². The Bertz CT molecular complexity index is 93.6. The van der Waals surface area contributed by atoms with Gasteiger partial charge in [-0.3, -0.25) is 0 Å². The van der Waals surface area contributed by atoms with E-state index in [1.54, 1.807) is 0 Å². The molecule has 0 aromatic rings. The molecular formula is C7H18OSSi. The van der Waals surface area contributed by atoms with Gasteiger partial charge in [-0.2, -0.15) is 12.6 Å². The predicted molar refractivity (Wildman–Crippen MR) is 52.2 cm³/mol. The van der Waals surface area contributed by atoms with Crippen LogP contribution in [0.1, 0.15) is 20.3 Å². The van der Waals surface area contributed by atoms with E-state index in [2.05, 4.69) is 26.5 Å². The molecule has 1 atom stereocenters. The van der Waals surface area contributed by atoms with Crippen LogP contribution in [0.4, 0.5) is 0 Å². The molecule has 0 aliphatic heterocycles. The summed E-state index contributed by atoms with van der Waals surface area (Å²) < 4.78 is 0. The summed E-state index contributed by atoms with van der Waals surface area (Å²) in [6, 6.07) is 0.994. The summed E-state index contributed by atoms with van der Waals surface area (Å²) in [5.74, 6) is 0.899. The lowest BCUT2D eigenvalue weighted by Crippen LogP contribution is -2.33. The summed E-state index contributed by atoms with van der Waals surface area (Å²) in [7, 11) is -1.85. The molecule has 0 fully saturated rings. The van der Waals surface area contributed by atoms with Crippen molar-refractivity contribution < 1.29 is 4.80 Å². The number of hydrogen-bond acceptors (Lipinski definition) is 2. The molecule has 1 unspecified atom stereocenters. The van der Waals surface area contributed by atoms with Gasteiger partial charge in [0.05, 0.1) is 0 Å². The van der Waals surface area contributed by atoms with Crippen molar-refractivity contribution in [3.8, 4) is 0 Å². The molecule has 0 amide bonds. The van der Waals surface area contributed by atoms with E-state index in [0.717, 1.165) is 18.2 Å². The lowest BCUT2D eigenvalue weighted by Gasteiger charge is -2.23. The van der Waals surface area contributed by atoms with Gasteiger partial charge in [0, 0.05) is 0 Å². The highest BCUT2D eigenvalue weighted by Gasteiger charge is 2.27. The second kappa shape index (κ2) is 4.41. The van der Waals surface area contributed by atoms with Crippen LogP contribution >= 0.6 is 12.6 Å². The average Bonchev–Trinajstić information content (AvgIpc) is 1.84. The molecule has 0 spiro atoms. The zero-order valence-electron chi connectivity index (χ0n) is 7.09. The Balaban J connectivity index is 3.63. The van der Waals surface area contributed by atoms with Gasteiger partial charge in [0.1, 0.15) is 0 Å². The highest BCUT2D eigenvalue weighted by molar-refractivity contribution is 7.80. The van der Waals surface area contributed by atoms with Crippen molar-refractivity contribution in [3.05, 3.63) is 0 Å². The highest BCUT2D eigenvalue weighted by Crippen LogP contribution is 2.22. The molecule has 0 bridgehead atoms. The van der Waals surface area contributed by atoms with Crippen LogP contribution in [-0.2, 0) is 0 Å². The number of thiol groups is 1. The Labute approximate surface area is 70.4 Å². The van der Waals surface area contributed by atoms with Gasteiger partial charge in [-0.05, 0) is 30.3 Å². The molecule has 0 radical (unpaired) electrons. The van der Waals surface area contributed by atoms with Gasteiger partial charge in [0.25, 0.3) is 0 Å². The van der Waals surface area contributed by atoms with Gasteiger partial charge >= 0.3 is 0 Å². The van der Waals surface area contributed by atoms with Gasteiger partial charge in [-0.15, -0.1) is 0 Å². The van der Waals surface area contributed by atoms with Crippen molar-refractivity contribution in [3.63, 3.8) is 0 Å². The maximum atomic E-state index is 9.83. The smallest absolute Gasteiger partial charge is 0.188 e. The summed E-state index contributed by atoms with van der Waals surface area (Å²) in [6.07, 6.45) is 1.06. The first kappa shape index (κ1) is 10.5. The summed E-state index contributed by atoms with van der Waals surface area (Å²) >= 11 is 4.11. The van der Waals surface area contributed by atoms with Gasteiger partial charge in [-0.25, -0.2) is 0 Å². The first-order chi connectivity index (χ1) is 4.50. The van der Waals surface area contributed by atoms with Gasteiger partial charge in [-0.1, -0.05) is 13.8 Å². The normalized spacial score (nSPS) is 17.4. The maximum absolute atomic E-state index is 9.83. The highest BCUT2D eigenvalue weighted by atomic mass is 32.1. The van der Waals surface area contributed by atoms with Crippen molar-refractivity contribution in [2.45, 2.75) is 38.4 Å². The molecule has 0 aliphatic carbocycles. The van der Waals surface area contributed by atoms with E-state index in [1.807, 2.05) is 6.55 Å². The van der Waals surface area contributed by atoms with E-state index in [1.165, 1.54) is 0 Å². The maximum Gasteiger partial charge on any atom is 0.188 e.